The van der Waals surface area contributed by atoms with Gasteiger partial charge in [0.2, 0.25) is 11.7 Å². The van der Waals surface area contributed by atoms with Crippen molar-refractivity contribution in [3.63, 3.8) is 0 Å². The zero-order valence-corrected chi connectivity index (χ0v) is 38.9. The molecule has 0 saturated heterocycles. The number of rotatable bonds is 21. The number of nitrogens with zero attached hydrogens (tertiary/aromatic N) is 2. The number of ether oxygens (including phenoxy) is 4. The van der Waals surface area contributed by atoms with E-state index in [-0.39, 0.29) is 49.9 Å². The number of carbonyl (C=O) groups excluding carboxylic acids is 1. The van der Waals surface area contributed by atoms with Crippen LogP contribution in [-0.4, -0.2) is 77.6 Å². The van der Waals surface area contributed by atoms with Crippen LogP contribution in [0, 0.1) is 17.8 Å². The average molecular weight is 885 g/mol. The molecule has 1 heterocycles. The molecule has 1 amide bonds. The van der Waals surface area contributed by atoms with Gasteiger partial charge in [0, 0.05) is 37.7 Å². The minimum atomic E-state index is -1.35. The van der Waals surface area contributed by atoms with E-state index >= 15 is 0 Å². The fourth-order valence-electron chi connectivity index (χ4n) is 10.1. The van der Waals surface area contributed by atoms with Gasteiger partial charge in [0.25, 0.3) is 0 Å². The van der Waals surface area contributed by atoms with Gasteiger partial charge in [0.1, 0.15) is 34.6 Å². The summed E-state index contributed by atoms with van der Waals surface area (Å²) in [4.78, 5) is 23.2. The fourth-order valence-corrected chi connectivity index (χ4v) is 10.1. The van der Waals surface area contributed by atoms with Crippen LogP contribution in [0.4, 0.5) is 0 Å². The molecule has 4 aromatic rings. The Bertz CT molecular complexity index is 2270. The van der Waals surface area contributed by atoms with Gasteiger partial charge in [-0.25, -0.2) is 0 Å². The molecule has 0 spiro atoms. The quantitative estimate of drug-likeness (QED) is 0.0482. The minimum Gasteiger partial charge on any atom is -0.497 e. The Morgan fingerprint density at radius 2 is 1.62 bits per heavy atom. The van der Waals surface area contributed by atoms with E-state index in [1.165, 1.54) is 0 Å². The van der Waals surface area contributed by atoms with Gasteiger partial charge in [-0.3, -0.25) is 4.79 Å². The summed E-state index contributed by atoms with van der Waals surface area (Å²) < 4.78 is 26.8. The van der Waals surface area contributed by atoms with Crippen LogP contribution in [0.15, 0.2) is 127 Å². The maximum atomic E-state index is 15.0. The van der Waals surface area contributed by atoms with E-state index in [1.807, 2.05) is 92.4 Å². The summed E-state index contributed by atoms with van der Waals surface area (Å²) in [5, 5.41) is 25.0. The van der Waals surface area contributed by atoms with Gasteiger partial charge in [0.15, 0.2) is 0 Å². The van der Waals surface area contributed by atoms with E-state index < -0.39 is 23.3 Å². The molecule has 0 bridgehead atoms. The molecule has 0 unspecified atom stereocenters. The average Bonchev–Trinajstić information content (AvgIpc) is 3.31. The minimum absolute atomic E-state index is 0.0552. The van der Waals surface area contributed by atoms with Gasteiger partial charge in [-0.05, 0) is 129 Å². The largest absolute Gasteiger partial charge is 0.497 e. The van der Waals surface area contributed by atoms with Crippen molar-refractivity contribution in [2.45, 2.75) is 109 Å². The lowest BCUT2D eigenvalue weighted by atomic mass is 9.55. The number of benzene rings is 4. The molecule has 10 heteroatoms. The van der Waals surface area contributed by atoms with Crippen molar-refractivity contribution in [1.29, 1.82) is 0 Å². The van der Waals surface area contributed by atoms with Crippen molar-refractivity contribution >= 4 is 11.6 Å². The number of methoxy groups -OCH3 is 1. The predicted octanol–water partition coefficient (Wildman–Crippen LogP) is 11.1. The Morgan fingerprint density at radius 1 is 0.892 bits per heavy atom. The molecule has 65 heavy (non-hydrogen) atoms. The Kier molecular flexibility index (Phi) is 15.9. The smallest absolute Gasteiger partial charge is 0.239 e. The lowest BCUT2D eigenvalue weighted by molar-refractivity contribution is -0.257. The van der Waals surface area contributed by atoms with Crippen molar-refractivity contribution in [2.24, 2.45) is 22.9 Å². The maximum absolute atomic E-state index is 15.0. The lowest BCUT2D eigenvalue weighted by Gasteiger charge is -2.60. The van der Waals surface area contributed by atoms with Crippen LogP contribution in [0.5, 0.6) is 23.0 Å². The number of hydrogen-bond donors (Lipinski definition) is 2. The van der Waals surface area contributed by atoms with Crippen LogP contribution < -0.4 is 14.2 Å². The summed E-state index contributed by atoms with van der Waals surface area (Å²) in [6.07, 6.45) is 10.1. The Hall–Kier alpha value is -5.42. The van der Waals surface area contributed by atoms with Crippen LogP contribution in [-0.2, 0) is 20.8 Å². The molecule has 2 N–H and O–H groups in total. The first kappa shape index (κ1) is 47.5. The highest BCUT2D eigenvalue weighted by molar-refractivity contribution is 6.03. The number of allylic oxidation sites excluding steroid dienone is 1. The van der Waals surface area contributed by atoms with Crippen LogP contribution in [0.2, 0.25) is 0 Å². The molecule has 6 atom stereocenters. The second kappa shape index (κ2) is 21.7. The van der Waals surface area contributed by atoms with Crippen LogP contribution >= 0.6 is 0 Å². The standard InChI is InChI=1S/C55H68N2O8/c1-7-29-57(51(60)34-38-17-16-21-43(33-38)61-6)50-37-48(56-65-54(3,4)5)46-35-41(20-12-14-30-58)45(22-13-15-31-59)52-47-36-44(27-28-49(47)64-55(50,53(46)52)62-32-8-2)63-42-25-23-40(24-26-42)39-18-10-9-11-19-39/h8-11,16-19,21,23-28,33,35-36,41,45,50,52-53,58-59H,2,7,12-15,20,22,29-32,34,37H2,1,3-6H3/t41-,45+,50-,52+,53+,55+/m0/s1. The highest BCUT2D eigenvalue weighted by atomic mass is 16.7. The van der Waals surface area contributed by atoms with Gasteiger partial charge < -0.3 is 38.9 Å². The number of carbonyl (C=O) groups is 1. The number of oxime groups is 1. The van der Waals surface area contributed by atoms with Crippen molar-refractivity contribution in [3.8, 4) is 34.1 Å². The third-order valence-corrected chi connectivity index (χ3v) is 12.9. The van der Waals surface area contributed by atoms with E-state index in [2.05, 4.69) is 49.9 Å². The van der Waals surface area contributed by atoms with E-state index in [0.717, 1.165) is 59.2 Å². The maximum Gasteiger partial charge on any atom is 0.239 e. The Labute approximate surface area is 385 Å². The third kappa shape index (κ3) is 11.0. The zero-order chi connectivity index (χ0) is 46.0. The number of hydrogen-bond acceptors (Lipinski definition) is 9. The molecule has 0 radical (unpaired) electrons. The topological polar surface area (TPSA) is 119 Å². The monoisotopic (exact) mass is 884 g/mol. The second-order valence-corrected chi connectivity index (χ2v) is 18.6. The number of aliphatic hydroxyl groups excluding tert-OH is 2. The molecule has 7 rings (SSSR count). The summed E-state index contributed by atoms with van der Waals surface area (Å²) in [7, 11) is 1.63. The molecule has 10 nitrogen and oxygen atoms in total. The Morgan fingerprint density at radius 3 is 2.31 bits per heavy atom. The van der Waals surface area contributed by atoms with Crippen molar-refractivity contribution in [2.75, 3.05) is 33.5 Å². The summed E-state index contributed by atoms with van der Waals surface area (Å²) in [5.74, 6) is 0.948. The van der Waals surface area contributed by atoms with Gasteiger partial charge in [-0.2, -0.15) is 0 Å². The van der Waals surface area contributed by atoms with Crippen molar-refractivity contribution < 1.29 is 38.8 Å². The summed E-state index contributed by atoms with van der Waals surface area (Å²) in [5.41, 5.74) is 5.27. The molecular formula is C55H68N2O8. The number of fused-ring (bicyclic) bond motifs is 2. The number of amides is 1. The van der Waals surface area contributed by atoms with Gasteiger partial charge in [-0.15, -0.1) is 6.58 Å². The molecule has 1 fully saturated rings. The van der Waals surface area contributed by atoms with Crippen molar-refractivity contribution in [3.05, 3.63) is 132 Å². The van der Waals surface area contributed by atoms with E-state index in [1.54, 1.807) is 13.2 Å². The third-order valence-electron chi connectivity index (χ3n) is 12.9. The highest BCUT2D eigenvalue weighted by Crippen LogP contribution is 2.62. The Balaban J connectivity index is 1.40. The predicted molar refractivity (Wildman–Crippen MR) is 256 cm³/mol. The van der Waals surface area contributed by atoms with E-state index in [9.17, 15) is 15.0 Å². The molecule has 346 valence electrons. The molecule has 2 aliphatic carbocycles. The summed E-state index contributed by atoms with van der Waals surface area (Å²) in [6.45, 7) is 13.0. The zero-order valence-electron chi connectivity index (χ0n) is 38.9. The molecule has 0 aromatic heterocycles. The van der Waals surface area contributed by atoms with E-state index in [0.29, 0.717) is 55.2 Å². The molecule has 4 aromatic carbocycles. The van der Waals surface area contributed by atoms with Crippen LogP contribution in [0.1, 0.15) is 96.1 Å². The fraction of sp³-hybridized carbons (Fsp3) is 0.455. The van der Waals surface area contributed by atoms with Gasteiger partial charge in [-0.1, -0.05) is 91.7 Å². The summed E-state index contributed by atoms with van der Waals surface area (Å²) in [6, 6.07) is 31.5. The molecule has 1 aliphatic heterocycles. The van der Waals surface area contributed by atoms with Gasteiger partial charge >= 0.3 is 0 Å². The molecule has 1 saturated carbocycles. The van der Waals surface area contributed by atoms with Crippen LogP contribution in [0.25, 0.3) is 11.1 Å². The number of unbranched alkanes of at least 4 members (excludes halogenated alkanes) is 2. The number of aliphatic hydroxyl groups is 2. The molecular weight excluding hydrogens is 817 g/mol. The first-order valence-corrected chi connectivity index (χ1v) is 23.5. The normalized spacial score (nSPS) is 22.8. The highest BCUT2D eigenvalue weighted by Gasteiger charge is 2.65. The summed E-state index contributed by atoms with van der Waals surface area (Å²) >= 11 is 0. The van der Waals surface area contributed by atoms with Crippen LogP contribution in [0.3, 0.4) is 0 Å². The van der Waals surface area contributed by atoms with E-state index in [4.69, 9.17) is 28.9 Å². The molecule has 3 aliphatic rings. The first-order chi connectivity index (χ1) is 31.5. The van der Waals surface area contributed by atoms with Gasteiger partial charge in [0.05, 0.1) is 31.8 Å². The lowest BCUT2D eigenvalue weighted by Crippen LogP contribution is -2.70. The first-order valence-electron chi connectivity index (χ1n) is 23.5. The SMILES string of the molecule is C=CCO[C@@]12Oc3ccc(Oc4ccc(-c5ccccc5)cc4)cc3[C@H]3[C@H](CCCCO)[C@@H](CCCCO)C=C(C(=NOC(C)(C)C)C[C@@H]1N(CCC)C(=O)Cc1cccc(OC)c1)[C@H]32. The van der Waals surface area contributed by atoms with Crippen molar-refractivity contribution in [1.82, 2.24) is 4.90 Å². The second-order valence-electron chi connectivity index (χ2n) is 18.6.